The van der Waals surface area contributed by atoms with Crippen molar-refractivity contribution in [3.63, 3.8) is 0 Å². The normalized spacial score (nSPS) is 21.8. The largest absolute Gasteiger partial charge is 0.369 e. The summed E-state index contributed by atoms with van der Waals surface area (Å²) in [5.74, 6) is -3.26. The second-order valence-corrected chi connectivity index (χ2v) is 9.09. The van der Waals surface area contributed by atoms with Gasteiger partial charge < -0.3 is 5.73 Å². The number of guanidine groups is 1. The van der Waals surface area contributed by atoms with E-state index >= 15 is 0 Å². The Morgan fingerprint density at radius 3 is 2.62 bits per heavy atom. The molecule has 0 bridgehead atoms. The summed E-state index contributed by atoms with van der Waals surface area (Å²) in [6.07, 6.45) is 1.98. The number of halogens is 4. The zero-order valence-corrected chi connectivity index (χ0v) is 16.9. The van der Waals surface area contributed by atoms with Gasteiger partial charge in [0, 0.05) is 24.9 Å². The lowest BCUT2D eigenvalue weighted by Gasteiger charge is -2.34. The standard InChI is InChI=1S/C18H16ClF3N4O2S/c1-18(9-29(27,28)26(2)17(23)25-18)11-5-10(3-4-13(11)20)6-15(22)16-7-14(21)12(19)8-24-16/h3-8H,9H2,1-2H3,(H2,23,25)/b15-6-/t18-/m0/s1. The zero-order valence-electron chi connectivity index (χ0n) is 15.3. The Labute approximate surface area is 170 Å². The van der Waals surface area contributed by atoms with Crippen LogP contribution in [0, 0.1) is 11.6 Å². The van der Waals surface area contributed by atoms with Crippen molar-refractivity contribution in [2.45, 2.75) is 12.5 Å². The van der Waals surface area contributed by atoms with E-state index in [9.17, 15) is 21.6 Å². The molecule has 2 aromatic rings. The molecule has 2 heterocycles. The highest BCUT2D eigenvalue weighted by Crippen LogP contribution is 2.34. The van der Waals surface area contributed by atoms with Gasteiger partial charge in [-0.1, -0.05) is 17.7 Å². The molecule has 154 valence electrons. The predicted molar refractivity (Wildman–Crippen MR) is 105 cm³/mol. The topological polar surface area (TPSA) is 88.7 Å². The van der Waals surface area contributed by atoms with Gasteiger partial charge in [0.2, 0.25) is 16.0 Å². The maximum atomic E-state index is 14.5. The SMILES string of the molecule is CN1C(N)=N[C@](C)(c2cc(/C=C(\F)c3cc(F)c(Cl)cn3)ccc2F)CS1(=O)=O. The van der Waals surface area contributed by atoms with E-state index in [2.05, 4.69) is 9.98 Å². The molecule has 1 aliphatic heterocycles. The first-order chi connectivity index (χ1) is 13.4. The van der Waals surface area contributed by atoms with Crippen LogP contribution in [-0.4, -0.2) is 36.5 Å². The molecule has 1 aliphatic rings. The lowest BCUT2D eigenvalue weighted by atomic mass is 9.92. The van der Waals surface area contributed by atoms with Crippen LogP contribution < -0.4 is 5.73 Å². The summed E-state index contributed by atoms with van der Waals surface area (Å²) in [6, 6.07) is 4.43. The van der Waals surface area contributed by atoms with Gasteiger partial charge in [-0.3, -0.25) is 4.98 Å². The molecule has 2 N–H and O–H groups in total. The molecule has 0 saturated heterocycles. The predicted octanol–water partition coefficient (Wildman–Crippen LogP) is 3.29. The molecule has 6 nitrogen and oxygen atoms in total. The number of nitrogens with two attached hydrogens (primary N) is 1. The number of aliphatic imine (C=N–C) groups is 1. The number of sulfonamides is 1. The van der Waals surface area contributed by atoms with Crippen LogP contribution >= 0.6 is 11.6 Å². The van der Waals surface area contributed by atoms with Crippen molar-refractivity contribution in [1.82, 2.24) is 9.29 Å². The molecule has 1 aromatic heterocycles. The smallest absolute Gasteiger partial charge is 0.239 e. The average molecular weight is 445 g/mol. The Morgan fingerprint density at radius 1 is 1.31 bits per heavy atom. The molecule has 11 heteroatoms. The third-order valence-corrected chi connectivity index (χ3v) is 6.71. The molecule has 1 atom stereocenters. The van der Waals surface area contributed by atoms with Crippen LogP contribution in [0.5, 0.6) is 0 Å². The fraction of sp³-hybridized carbons (Fsp3) is 0.222. The quantitative estimate of drug-likeness (QED) is 0.786. The van der Waals surface area contributed by atoms with Gasteiger partial charge in [-0.05, 0) is 30.7 Å². The summed E-state index contributed by atoms with van der Waals surface area (Å²) in [4.78, 5) is 7.84. The molecule has 0 unspecified atom stereocenters. The van der Waals surface area contributed by atoms with Crippen LogP contribution in [-0.2, 0) is 15.6 Å². The first-order valence-electron chi connectivity index (χ1n) is 8.23. The minimum absolute atomic E-state index is 0.0751. The summed E-state index contributed by atoms with van der Waals surface area (Å²) >= 11 is 5.53. The molecule has 0 fully saturated rings. The monoisotopic (exact) mass is 444 g/mol. The molecular weight excluding hydrogens is 429 g/mol. The molecule has 0 amide bonds. The van der Waals surface area contributed by atoms with E-state index in [1.807, 2.05) is 0 Å². The first-order valence-corrected chi connectivity index (χ1v) is 10.2. The summed E-state index contributed by atoms with van der Waals surface area (Å²) in [5, 5.41) is -0.252. The lowest BCUT2D eigenvalue weighted by Crippen LogP contribution is -2.50. The summed E-state index contributed by atoms with van der Waals surface area (Å²) in [7, 11) is -2.57. The number of hydrogen-bond donors (Lipinski definition) is 1. The summed E-state index contributed by atoms with van der Waals surface area (Å²) in [5.41, 5.74) is 4.00. The fourth-order valence-corrected chi connectivity index (χ4v) is 4.45. The van der Waals surface area contributed by atoms with Gasteiger partial charge >= 0.3 is 0 Å². The van der Waals surface area contributed by atoms with Gasteiger partial charge in [-0.25, -0.2) is 30.9 Å². The van der Waals surface area contributed by atoms with E-state index in [0.717, 1.165) is 28.7 Å². The Bertz CT molecular complexity index is 1150. The van der Waals surface area contributed by atoms with Crippen LogP contribution in [0.25, 0.3) is 11.9 Å². The van der Waals surface area contributed by atoms with Crippen molar-refractivity contribution in [3.05, 3.63) is 63.9 Å². The van der Waals surface area contributed by atoms with Crippen molar-refractivity contribution in [2.75, 3.05) is 12.8 Å². The van der Waals surface area contributed by atoms with Crippen LogP contribution in [0.1, 0.15) is 23.7 Å². The molecule has 0 spiro atoms. The van der Waals surface area contributed by atoms with E-state index in [4.69, 9.17) is 17.3 Å². The molecule has 29 heavy (non-hydrogen) atoms. The Kier molecular flexibility index (Phi) is 5.35. The third-order valence-electron chi connectivity index (χ3n) is 4.48. The number of aromatic nitrogens is 1. The number of nitrogens with zero attached hydrogens (tertiary/aromatic N) is 3. The summed E-state index contributed by atoms with van der Waals surface area (Å²) in [6.45, 7) is 1.42. The average Bonchev–Trinajstić information content (AvgIpc) is 2.63. The van der Waals surface area contributed by atoms with Crippen LogP contribution in [0.2, 0.25) is 5.02 Å². The highest BCUT2D eigenvalue weighted by atomic mass is 35.5. The van der Waals surface area contributed by atoms with Crippen molar-refractivity contribution in [3.8, 4) is 0 Å². The second-order valence-electron chi connectivity index (χ2n) is 6.68. The van der Waals surface area contributed by atoms with E-state index < -0.39 is 38.8 Å². The second kappa shape index (κ2) is 7.34. The first kappa shape index (κ1) is 21.1. The maximum absolute atomic E-state index is 14.5. The maximum Gasteiger partial charge on any atom is 0.239 e. The molecule has 3 rings (SSSR count). The molecule has 0 radical (unpaired) electrons. The van der Waals surface area contributed by atoms with Crippen LogP contribution in [0.3, 0.4) is 0 Å². The molecule has 0 aliphatic carbocycles. The molecular formula is C18H16ClF3N4O2S. The van der Waals surface area contributed by atoms with E-state index in [1.165, 1.54) is 26.1 Å². The van der Waals surface area contributed by atoms with Gasteiger partial charge in [-0.15, -0.1) is 0 Å². The van der Waals surface area contributed by atoms with Gasteiger partial charge in [-0.2, -0.15) is 0 Å². The van der Waals surface area contributed by atoms with Gasteiger partial charge in [0.05, 0.1) is 10.8 Å². The highest BCUT2D eigenvalue weighted by molar-refractivity contribution is 7.89. The van der Waals surface area contributed by atoms with Crippen molar-refractivity contribution >= 4 is 39.5 Å². The minimum Gasteiger partial charge on any atom is -0.369 e. The minimum atomic E-state index is -3.81. The van der Waals surface area contributed by atoms with Crippen LogP contribution in [0.15, 0.2) is 35.5 Å². The number of benzene rings is 1. The fourth-order valence-electron chi connectivity index (χ4n) is 2.90. The van der Waals surface area contributed by atoms with Crippen molar-refractivity contribution < 1.29 is 21.6 Å². The number of pyridine rings is 1. The molecule has 0 saturated carbocycles. The van der Waals surface area contributed by atoms with E-state index in [1.54, 1.807) is 0 Å². The third kappa shape index (κ3) is 4.08. The van der Waals surface area contributed by atoms with Crippen LogP contribution in [0.4, 0.5) is 13.2 Å². The Hall–Kier alpha value is -2.59. The zero-order chi connectivity index (χ0) is 21.6. The Balaban J connectivity index is 2.06. The van der Waals surface area contributed by atoms with Gasteiger partial charge in [0.25, 0.3) is 0 Å². The number of rotatable bonds is 3. The summed E-state index contributed by atoms with van der Waals surface area (Å²) < 4.78 is 68.0. The van der Waals surface area contributed by atoms with Gasteiger partial charge in [0.1, 0.15) is 28.7 Å². The lowest BCUT2D eigenvalue weighted by molar-refractivity contribution is 0.458. The van der Waals surface area contributed by atoms with Gasteiger partial charge in [0.15, 0.2) is 0 Å². The van der Waals surface area contributed by atoms with Crippen molar-refractivity contribution in [2.24, 2.45) is 10.7 Å². The van der Waals surface area contributed by atoms with E-state index in [0.29, 0.717) is 0 Å². The number of hydrogen-bond acceptors (Lipinski definition) is 5. The van der Waals surface area contributed by atoms with Crippen molar-refractivity contribution in [1.29, 1.82) is 0 Å². The van der Waals surface area contributed by atoms with E-state index in [-0.39, 0.29) is 27.8 Å². The Morgan fingerprint density at radius 2 is 2.00 bits per heavy atom. The highest BCUT2D eigenvalue weighted by Gasteiger charge is 2.41. The molecule has 1 aromatic carbocycles.